The first-order chi connectivity index (χ1) is 8.13. The minimum Gasteiger partial charge on any atom is -0.303 e. The van der Waals surface area contributed by atoms with Crippen LogP contribution in [0.3, 0.4) is 0 Å². The van der Waals surface area contributed by atoms with E-state index in [9.17, 15) is 9.59 Å². The molecule has 0 aromatic rings. The van der Waals surface area contributed by atoms with Crippen LogP contribution in [0.15, 0.2) is 12.2 Å². The van der Waals surface area contributed by atoms with Crippen molar-refractivity contribution in [2.45, 2.75) is 65.2 Å². The smallest absolute Gasteiger partial charge is 0.155 e. The van der Waals surface area contributed by atoms with Crippen molar-refractivity contribution in [1.82, 2.24) is 0 Å². The Morgan fingerprint density at radius 2 is 1.65 bits per heavy atom. The maximum atomic E-state index is 11.1. The number of Topliss-reactive ketones (excluding diaryl/α,β-unsaturated/α-hetero) is 1. The number of aldehydes is 1. The van der Waals surface area contributed by atoms with Gasteiger partial charge in [0, 0.05) is 5.92 Å². The van der Waals surface area contributed by atoms with Gasteiger partial charge >= 0.3 is 0 Å². The van der Waals surface area contributed by atoms with Gasteiger partial charge in [0.05, 0.1) is 0 Å². The summed E-state index contributed by atoms with van der Waals surface area (Å²) in [6, 6.07) is 0. The van der Waals surface area contributed by atoms with E-state index in [2.05, 4.69) is 13.5 Å². The molecule has 0 aromatic carbocycles. The Kier molecular flexibility index (Phi) is 9.69. The molecule has 0 saturated carbocycles. The zero-order valence-electron chi connectivity index (χ0n) is 11.3. The molecule has 0 bridgehead atoms. The molecule has 98 valence electrons. The van der Waals surface area contributed by atoms with Gasteiger partial charge in [0.1, 0.15) is 6.29 Å². The largest absolute Gasteiger partial charge is 0.303 e. The molecule has 0 N–H and O–H groups in total. The maximum Gasteiger partial charge on any atom is 0.155 e. The van der Waals surface area contributed by atoms with Crippen molar-refractivity contribution in [1.29, 1.82) is 0 Å². The number of carbonyl (C=O) groups excluding carboxylic acids is 2. The van der Waals surface area contributed by atoms with Gasteiger partial charge in [0.15, 0.2) is 5.78 Å². The van der Waals surface area contributed by atoms with E-state index >= 15 is 0 Å². The number of hydrogen-bond acceptors (Lipinski definition) is 2. The Balaban J connectivity index is 3.60. The van der Waals surface area contributed by atoms with Crippen LogP contribution in [0, 0.1) is 5.92 Å². The van der Waals surface area contributed by atoms with Crippen molar-refractivity contribution in [3.63, 3.8) is 0 Å². The number of carbonyl (C=O) groups is 2. The normalized spacial score (nSPS) is 12.1. The van der Waals surface area contributed by atoms with E-state index in [-0.39, 0.29) is 11.7 Å². The van der Waals surface area contributed by atoms with Gasteiger partial charge in [-0.05, 0) is 18.9 Å². The summed E-state index contributed by atoms with van der Waals surface area (Å²) in [4.78, 5) is 21.9. The van der Waals surface area contributed by atoms with Crippen LogP contribution in [0.2, 0.25) is 0 Å². The Labute approximate surface area is 105 Å². The molecular formula is C15H26O2. The van der Waals surface area contributed by atoms with Gasteiger partial charge in [-0.1, -0.05) is 58.4 Å². The molecular weight excluding hydrogens is 212 g/mol. The quantitative estimate of drug-likeness (QED) is 0.309. The monoisotopic (exact) mass is 238 g/mol. The fourth-order valence-corrected chi connectivity index (χ4v) is 1.91. The first-order valence-electron chi connectivity index (χ1n) is 6.78. The van der Waals surface area contributed by atoms with E-state index < -0.39 is 0 Å². The Morgan fingerprint density at radius 1 is 1.12 bits per heavy atom. The van der Waals surface area contributed by atoms with Gasteiger partial charge in [-0.15, -0.1) is 0 Å². The second kappa shape index (κ2) is 10.2. The fourth-order valence-electron chi connectivity index (χ4n) is 1.91. The Hall–Kier alpha value is -0.920. The summed E-state index contributed by atoms with van der Waals surface area (Å²) in [6.07, 6.45) is 10.2. The van der Waals surface area contributed by atoms with E-state index in [1.807, 2.05) is 0 Å². The van der Waals surface area contributed by atoms with Gasteiger partial charge in [-0.25, -0.2) is 0 Å². The molecule has 2 heteroatoms. The highest BCUT2D eigenvalue weighted by Crippen LogP contribution is 2.17. The minimum absolute atomic E-state index is 0.0648. The van der Waals surface area contributed by atoms with Crippen molar-refractivity contribution >= 4 is 12.1 Å². The minimum atomic E-state index is -0.261. The second-order valence-corrected chi connectivity index (χ2v) is 4.73. The summed E-state index contributed by atoms with van der Waals surface area (Å²) in [5.74, 6) is -0.326. The van der Waals surface area contributed by atoms with Crippen molar-refractivity contribution in [2.75, 3.05) is 0 Å². The summed E-state index contributed by atoms with van der Waals surface area (Å²) in [5.41, 5.74) is 0.464. The van der Waals surface area contributed by atoms with Crippen LogP contribution in [0.1, 0.15) is 65.2 Å². The summed E-state index contributed by atoms with van der Waals surface area (Å²) in [6.45, 7) is 7.37. The average molecular weight is 238 g/mol. The number of allylic oxidation sites excluding steroid dienone is 1. The van der Waals surface area contributed by atoms with Gasteiger partial charge in [0.2, 0.25) is 0 Å². The lowest BCUT2D eigenvalue weighted by Crippen LogP contribution is -2.11. The molecule has 1 atom stereocenters. The van der Waals surface area contributed by atoms with Gasteiger partial charge in [0.25, 0.3) is 0 Å². The van der Waals surface area contributed by atoms with Crippen LogP contribution in [-0.2, 0) is 9.59 Å². The van der Waals surface area contributed by atoms with Gasteiger partial charge in [-0.2, -0.15) is 0 Å². The molecule has 0 spiro atoms. The summed E-state index contributed by atoms with van der Waals surface area (Å²) in [7, 11) is 0. The third-order valence-corrected chi connectivity index (χ3v) is 3.18. The van der Waals surface area contributed by atoms with E-state index in [0.717, 1.165) is 25.5 Å². The third-order valence-electron chi connectivity index (χ3n) is 3.18. The predicted octanol–water partition coefficient (Wildman–Crippen LogP) is 4.09. The molecule has 0 aliphatic heterocycles. The standard InChI is InChI=1S/C15H26O2/c1-4-5-6-7-8-9-10-11-15(12-16)13(2)14(3)17/h12,15H,2,4-11H2,1,3H3. The lowest BCUT2D eigenvalue weighted by atomic mass is 9.93. The lowest BCUT2D eigenvalue weighted by molar-refractivity contribution is -0.117. The van der Waals surface area contributed by atoms with E-state index in [1.165, 1.54) is 39.0 Å². The number of ketones is 1. The molecule has 0 heterocycles. The van der Waals surface area contributed by atoms with Crippen molar-refractivity contribution in [3.05, 3.63) is 12.2 Å². The SMILES string of the molecule is C=C(C(C)=O)C(C=O)CCCCCCCCC. The molecule has 0 rings (SSSR count). The van der Waals surface area contributed by atoms with Gasteiger partial charge < -0.3 is 4.79 Å². The first-order valence-corrected chi connectivity index (χ1v) is 6.78. The highest BCUT2D eigenvalue weighted by molar-refractivity contribution is 5.96. The van der Waals surface area contributed by atoms with Crippen molar-refractivity contribution < 1.29 is 9.59 Å². The number of rotatable bonds is 11. The maximum absolute atomic E-state index is 11.1. The highest BCUT2D eigenvalue weighted by Gasteiger charge is 2.14. The molecule has 17 heavy (non-hydrogen) atoms. The zero-order chi connectivity index (χ0) is 13.1. The van der Waals surface area contributed by atoms with E-state index in [0.29, 0.717) is 5.57 Å². The molecule has 0 fully saturated rings. The first kappa shape index (κ1) is 16.1. The molecule has 0 aromatic heterocycles. The van der Waals surface area contributed by atoms with E-state index in [1.54, 1.807) is 0 Å². The van der Waals surface area contributed by atoms with Crippen molar-refractivity contribution in [2.24, 2.45) is 5.92 Å². The highest BCUT2D eigenvalue weighted by atomic mass is 16.1. The molecule has 1 unspecified atom stereocenters. The summed E-state index contributed by atoms with van der Waals surface area (Å²) >= 11 is 0. The predicted molar refractivity (Wildman–Crippen MR) is 72.0 cm³/mol. The fraction of sp³-hybridized carbons (Fsp3) is 0.733. The van der Waals surface area contributed by atoms with Crippen LogP contribution in [0.4, 0.5) is 0 Å². The molecule has 0 amide bonds. The molecule has 0 aliphatic carbocycles. The summed E-state index contributed by atoms with van der Waals surface area (Å²) < 4.78 is 0. The van der Waals surface area contributed by atoms with Crippen LogP contribution < -0.4 is 0 Å². The number of hydrogen-bond donors (Lipinski definition) is 0. The molecule has 0 aliphatic rings. The Bertz CT molecular complexity index is 243. The Morgan fingerprint density at radius 3 is 2.12 bits per heavy atom. The number of unbranched alkanes of at least 4 members (excludes halogenated alkanes) is 6. The second-order valence-electron chi connectivity index (χ2n) is 4.73. The topological polar surface area (TPSA) is 34.1 Å². The van der Waals surface area contributed by atoms with Crippen LogP contribution >= 0.6 is 0 Å². The van der Waals surface area contributed by atoms with Gasteiger partial charge in [-0.3, -0.25) is 4.79 Å². The zero-order valence-corrected chi connectivity index (χ0v) is 11.3. The molecule has 0 saturated heterocycles. The van der Waals surface area contributed by atoms with Crippen molar-refractivity contribution in [3.8, 4) is 0 Å². The lowest BCUT2D eigenvalue weighted by Gasteiger charge is -2.10. The average Bonchev–Trinajstić information content (AvgIpc) is 2.32. The van der Waals surface area contributed by atoms with E-state index in [4.69, 9.17) is 0 Å². The van der Waals surface area contributed by atoms with Crippen LogP contribution in [-0.4, -0.2) is 12.1 Å². The molecule has 2 nitrogen and oxygen atoms in total. The molecule has 0 radical (unpaired) electrons. The van der Waals surface area contributed by atoms with Crippen LogP contribution in [0.5, 0.6) is 0 Å². The third kappa shape index (κ3) is 7.89. The van der Waals surface area contributed by atoms with Crippen LogP contribution in [0.25, 0.3) is 0 Å². The summed E-state index contributed by atoms with van der Waals surface area (Å²) in [5, 5.41) is 0.